The number of aromatic amines is 1. The zero-order valence-corrected chi connectivity index (χ0v) is 24.7. The number of nitrogens with one attached hydrogen (secondary N) is 2. The fraction of sp³-hybridized carbons (Fsp3) is 0.219. The van der Waals surface area contributed by atoms with Gasteiger partial charge in [0.1, 0.15) is 11.5 Å². The van der Waals surface area contributed by atoms with Gasteiger partial charge in [0.2, 0.25) is 11.9 Å². The number of H-pyrrole nitrogens is 1. The van der Waals surface area contributed by atoms with Crippen molar-refractivity contribution in [2.75, 3.05) is 5.32 Å². The standard InChI is InChI=1S/C32H24ClF4N7O2/c1-2-3-18-11-21-12-19(22-14-20(33)6-8-24(22)43-15-25(41-42-43)32(35,36)37)13-27(46)44(21)29(18)31-39-28(30(34)40-31)17-4-7-23-16(10-17)5-9-26(45)38-23/h2,4,6-8,10,12-15,18,29H,1,3,5,9,11H2,(H,38,45)(H,39,40)/t18-,29-/m0/s1. The van der Waals surface area contributed by atoms with Crippen molar-refractivity contribution in [3.05, 3.63) is 111 Å². The molecule has 2 atom stereocenters. The predicted molar refractivity (Wildman–Crippen MR) is 162 cm³/mol. The molecule has 0 unspecified atom stereocenters. The third kappa shape index (κ3) is 5.19. The molecule has 0 aliphatic carbocycles. The second-order valence-electron chi connectivity index (χ2n) is 11.3. The molecular formula is C32H24ClF4N7O2. The summed E-state index contributed by atoms with van der Waals surface area (Å²) in [5.41, 5.74) is 2.39. The van der Waals surface area contributed by atoms with E-state index in [1.807, 2.05) is 6.07 Å². The van der Waals surface area contributed by atoms with Crippen LogP contribution in [-0.2, 0) is 23.8 Å². The minimum atomic E-state index is -4.69. The van der Waals surface area contributed by atoms with E-state index in [0.29, 0.717) is 58.8 Å². The van der Waals surface area contributed by atoms with Crippen molar-refractivity contribution in [2.45, 2.75) is 37.9 Å². The van der Waals surface area contributed by atoms with Crippen LogP contribution in [0.3, 0.4) is 0 Å². The van der Waals surface area contributed by atoms with Crippen molar-refractivity contribution in [1.82, 2.24) is 29.5 Å². The fourth-order valence-electron chi connectivity index (χ4n) is 6.32. The van der Waals surface area contributed by atoms with Crippen LogP contribution in [0.1, 0.15) is 41.7 Å². The molecule has 9 nitrogen and oxygen atoms in total. The number of anilines is 1. The minimum absolute atomic E-state index is 0.0717. The Kier molecular flexibility index (Phi) is 7.15. The number of halogens is 5. The van der Waals surface area contributed by atoms with E-state index in [0.717, 1.165) is 16.4 Å². The van der Waals surface area contributed by atoms with Crippen molar-refractivity contribution in [3.8, 4) is 28.1 Å². The Bertz CT molecular complexity index is 2100. The smallest absolute Gasteiger partial charge is 0.338 e. The van der Waals surface area contributed by atoms with Gasteiger partial charge in [0.05, 0.1) is 17.9 Å². The molecule has 2 N–H and O–H groups in total. The summed E-state index contributed by atoms with van der Waals surface area (Å²) in [6.07, 6.45) is -0.399. The van der Waals surface area contributed by atoms with E-state index >= 15 is 4.39 Å². The Balaban J connectivity index is 1.29. The lowest BCUT2D eigenvalue weighted by Gasteiger charge is -2.19. The number of aryl methyl sites for hydroxylation is 1. The average molecular weight is 650 g/mol. The largest absolute Gasteiger partial charge is 0.436 e. The first-order valence-electron chi connectivity index (χ1n) is 14.3. The number of hydrogen-bond donors (Lipinski definition) is 2. The van der Waals surface area contributed by atoms with E-state index in [9.17, 15) is 22.8 Å². The number of nitrogens with zero attached hydrogens (tertiary/aromatic N) is 5. The van der Waals surface area contributed by atoms with Gasteiger partial charge in [-0.3, -0.25) is 9.59 Å². The highest BCUT2D eigenvalue weighted by Gasteiger charge is 2.37. The summed E-state index contributed by atoms with van der Waals surface area (Å²) in [6, 6.07) is 12.3. The molecule has 0 bridgehead atoms. The van der Waals surface area contributed by atoms with Gasteiger partial charge in [-0.2, -0.15) is 17.6 Å². The summed E-state index contributed by atoms with van der Waals surface area (Å²) < 4.78 is 57.7. The summed E-state index contributed by atoms with van der Waals surface area (Å²) >= 11 is 6.28. The lowest BCUT2D eigenvalue weighted by Crippen LogP contribution is -2.26. The third-order valence-corrected chi connectivity index (χ3v) is 8.60. The normalized spacial score (nSPS) is 17.5. The second kappa shape index (κ2) is 11.1. The van der Waals surface area contributed by atoms with Crippen LogP contribution >= 0.6 is 11.6 Å². The van der Waals surface area contributed by atoms with Gasteiger partial charge in [-0.05, 0) is 72.7 Å². The first kappa shape index (κ1) is 29.7. The van der Waals surface area contributed by atoms with Crippen LogP contribution in [0.15, 0.2) is 72.2 Å². The number of alkyl halides is 3. The van der Waals surface area contributed by atoms with E-state index in [1.165, 1.54) is 18.2 Å². The van der Waals surface area contributed by atoms with E-state index in [4.69, 9.17) is 11.6 Å². The summed E-state index contributed by atoms with van der Waals surface area (Å²) in [6.45, 7) is 3.86. The average Bonchev–Trinajstić information content (AvgIpc) is 3.74. The molecule has 2 aliphatic rings. The Morgan fingerprint density at radius 1 is 1.07 bits per heavy atom. The number of hydrogen-bond acceptors (Lipinski definition) is 5. The molecule has 0 radical (unpaired) electrons. The summed E-state index contributed by atoms with van der Waals surface area (Å²) in [4.78, 5) is 32.9. The van der Waals surface area contributed by atoms with Gasteiger partial charge in [0.25, 0.3) is 5.56 Å². The predicted octanol–water partition coefficient (Wildman–Crippen LogP) is 6.52. The van der Waals surface area contributed by atoms with Crippen LogP contribution in [0.2, 0.25) is 5.02 Å². The molecule has 0 fully saturated rings. The highest BCUT2D eigenvalue weighted by atomic mass is 35.5. The van der Waals surface area contributed by atoms with Crippen molar-refractivity contribution >= 4 is 23.2 Å². The molecule has 5 aromatic rings. The van der Waals surface area contributed by atoms with Gasteiger partial charge in [0, 0.05) is 40.0 Å². The molecular weight excluding hydrogens is 626 g/mol. The van der Waals surface area contributed by atoms with Crippen LogP contribution < -0.4 is 10.9 Å². The maximum atomic E-state index is 15.4. The molecule has 234 valence electrons. The molecule has 14 heteroatoms. The number of rotatable bonds is 6. The molecule has 1 amide bonds. The SMILES string of the molecule is C=CC[C@H]1Cc2cc(-c3cc(Cl)ccc3-n3cc(C(F)(F)F)nn3)cc(=O)n2[C@@H]1c1nc(F)c(-c2ccc3c(c2)CCC(=O)N3)[nH]1. The summed E-state index contributed by atoms with van der Waals surface area (Å²) in [7, 11) is 0. The monoisotopic (exact) mass is 649 g/mol. The van der Waals surface area contributed by atoms with Gasteiger partial charge < -0.3 is 14.9 Å². The molecule has 2 aromatic carbocycles. The van der Waals surface area contributed by atoms with Crippen molar-refractivity contribution in [2.24, 2.45) is 5.92 Å². The lowest BCUT2D eigenvalue weighted by atomic mass is 9.94. The Morgan fingerprint density at radius 2 is 1.89 bits per heavy atom. The minimum Gasteiger partial charge on any atom is -0.338 e. The lowest BCUT2D eigenvalue weighted by molar-refractivity contribution is -0.141. The molecule has 0 spiro atoms. The number of carbonyl (C=O) groups excluding carboxylic acids is 1. The van der Waals surface area contributed by atoms with Crippen LogP contribution in [0, 0.1) is 11.9 Å². The molecule has 0 saturated carbocycles. The highest BCUT2D eigenvalue weighted by Crippen LogP contribution is 2.40. The number of pyridine rings is 1. The molecule has 5 heterocycles. The highest BCUT2D eigenvalue weighted by molar-refractivity contribution is 6.31. The van der Waals surface area contributed by atoms with Crippen molar-refractivity contribution in [3.63, 3.8) is 0 Å². The second-order valence-corrected chi connectivity index (χ2v) is 11.7. The van der Waals surface area contributed by atoms with E-state index in [-0.39, 0.29) is 29.0 Å². The number of aromatic nitrogens is 6. The third-order valence-electron chi connectivity index (χ3n) is 8.36. The van der Waals surface area contributed by atoms with E-state index < -0.39 is 29.4 Å². The first-order chi connectivity index (χ1) is 22.0. The molecule has 0 saturated heterocycles. The molecule has 3 aromatic heterocycles. The number of amides is 1. The van der Waals surface area contributed by atoms with Crippen LogP contribution in [0.25, 0.3) is 28.1 Å². The first-order valence-corrected chi connectivity index (χ1v) is 14.7. The van der Waals surface area contributed by atoms with Gasteiger partial charge in [0.15, 0.2) is 5.69 Å². The number of allylic oxidation sites excluding steroid dienone is 1. The Hall–Kier alpha value is -5.04. The summed E-state index contributed by atoms with van der Waals surface area (Å²) in [5, 5.41) is 10.0. The summed E-state index contributed by atoms with van der Waals surface area (Å²) in [5.74, 6) is -0.719. The van der Waals surface area contributed by atoms with Gasteiger partial charge in [-0.15, -0.1) is 11.7 Å². The van der Waals surface area contributed by atoms with E-state index in [2.05, 4.69) is 32.2 Å². The molecule has 7 rings (SSSR count). The Labute approximate surface area is 263 Å². The zero-order chi connectivity index (χ0) is 32.3. The number of benzene rings is 2. The van der Waals surface area contributed by atoms with Crippen molar-refractivity contribution < 1.29 is 22.4 Å². The Morgan fingerprint density at radius 3 is 2.65 bits per heavy atom. The molecule has 2 aliphatic heterocycles. The topological polar surface area (TPSA) is 110 Å². The van der Waals surface area contributed by atoms with Crippen LogP contribution in [0.4, 0.5) is 23.2 Å². The molecule has 46 heavy (non-hydrogen) atoms. The van der Waals surface area contributed by atoms with Gasteiger partial charge in [-0.25, -0.2) is 9.67 Å². The zero-order valence-electron chi connectivity index (χ0n) is 23.9. The van der Waals surface area contributed by atoms with Crippen molar-refractivity contribution in [1.29, 1.82) is 0 Å². The van der Waals surface area contributed by atoms with Gasteiger partial charge in [-0.1, -0.05) is 29.0 Å². The fourth-order valence-corrected chi connectivity index (χ4v) is 6.49. The number of carbonyl (C=O) groups is 1. The van der Waals surface area contributed by atoms with Crippen LogP contribution in [-0.4, -0.2) is 35.4 Å². The number of imidazole rings is 1. The quantitative estimate of drug-likeness (QED) is 0.161. The van der Waals surface area contributed by atoms with Crippen LogP contribution in [0.5, 0.6) is 0 Å². The maximum Gasteiger partial charge on any atom is 0.436 e. The maximum absolute atomic E-state index is 15.4. The van der Waals surface area contributed by atoms with E-state index in [1.54, 1.807) is 34.9 Å². The van der Waals surface area contributed by atoms with Gasteiger partial charge >= 0.3 is 6.18 Å². The number of fused-ring (bicyclic) bond motifs is 2.